The van der Waals surface area contributed by atoms with Gasteiger partial charge in [-0.05, 0) is 31.5 Å². The highest BCUT2D eigenvalue weighted by Gasteiger charge is 2.14. The van der Waals surface area contributed by atoms with Gasteiger partial charge in [0.2, 0.25) is 5.95 Å². The van der Waals surface area contributed by atoms with Crippen molar-refractivity contribution in [2.24, 2.45) is 0 Å². The number of esters is 1. The van der Waals surface area contributed by atoms with Gasteiger partial charge in [0.1, 0.15) is 5.82 Å². The first-order chi connectivity index (χ1) is 10.4. The van der Waals surface area contributed by atoms with Crippen LogP contribution < -0.4 is 10.6 Å². The molecule has 22 heavy (non-hydrogen) atoms. The van der Waals surface area contributed by atoms with Crippen molar-refractivity contribution in [3.8, 4) is 0 Å². The number of aryl methyl sites for hydroxylation is 2. The lowest BCUT2D eigenvalue weighted by Gasteiger charge is -2.18. The van der Waals surface area contributed by atoms with Gasteiger partial charge in [-0.1, -0.05) is 0 Å². The molecule has 0 aliphatic heterocycles. The van der Waals surface area contributed by atoms with Crippen molar-refractivity contribution >= 4 is 17.7 Å². The van der Waals surface area contributed by atoms with E-state index in [4.69, 9.17) is 5.73 Å². The average molecular weight is 301 g/mol. The van der Waals surface area contributed by atoms with Crippen LogP contribution in [0.4, 0.5) is 11.8 Å². The monoisotopic (exact) mass is 301 g/mol. The number of anilines is 2. The van der Waals surface area contributed by atoms with E-state index in [1.807, 2.05) is 33.0 Å². The van der Waals surface area contributed by atoms with Crippen LogP contribution >= 0.6 is 0 Å². The summed E-state index contributed by atoms with van der Waals surface area (Å²) in [4.78, 5) is 26.2. The van der Waals surface area contributed by atoms with E-state index < -0.39 is 5.97 Å². The van der Waals surface area contributed by atoms with Crippen molar-refractivity contribution in [2.75, 3.05) is 24.8 Å². The Bertz CT molecular complexity index is 682. The second kappa shape index (κ2) is 6.38. The molecule has 2 heterocycles. The molecule has 0 unspecified atom stereocenters. The Morgan fingerprint density at radius 3 is 2.59 bits per heavy atom. The van der Waals surface area contributed by atoms with Crippen LogP contribution in [-0.4, -0.2) is 35.1 Å². The highest BCUT2D eigenvalue weighted by Crippen LogP contribution is 2.14. The lowest BCUT2D eigenvalue weighted by atomic mass is 10.2. The highest BCUT2D eigenvalue weighted by molar-refractivity contribution is 5.88. The molecule has 0 fully saturated rings. The van der Waals surface area contributed by atoms with E-state index in [1.54, 1.807) is 4.90 Å². The minimum absolute atomic E-state index is 0.130. The van der Waals surface area contributed by atoms with Crippen molar-refractivity contribution in [3.63, 3.8) is 0 Å². The van der Waals surface area contributed by atoms with Crippen LogP contribution in [-0.2, 0) is 11.3 Å². The Hall–Kier alpha value is -2.70. The smallest absolute Gasteiger partial charge is 0.356 e. The van der Waals surface area contributed by atoms with E-state index in [-0.39, 0.29) is 11.5 Å². The molecule has 116 valence electrons. The fourth-order valence-electron chi connectivity index (χ4n) is 2.15. The van der Waals surface area contributed by atoms with Gasteiger partial charge in [-0.15, -0.1) is 0 Å². The average Bonchev–Trinajstić information content (AvgIpc) is 2.44. The van der Waals surface area contributed by atoms with Gasteiger partial charge in [0.15, 0.2) is 5.69 Å². The molecule has 0 atom stereocenters. The van der Waals surface area contributed by atoms with E-state index >= 15 is 0 Å². The molecular formula is C15H19N5O2. The molecule has 7 nitrogen and oxygen atoms in total. The molecule has 7 heteroatoms. The van der Waals surface area contributed by atoms with Gasteiger partial charge in [0.25, 0.3) is 0 Å². The third-order valence-electron chi connectivity index (χ3n) is 3.02. The minimum atomic E-state index is -0.548. The van der Waals surface area contributed by atoms with E-state index in [0.29, 0.717) is 12.5 Å². The molecule has 0 aliphatic rings. The number of carbonyl (C=O) groups is 1. The van der Waals surface area contributed by atoms with E-state index in [9.17, 15) is 4.79 Å². The van der Waals surface area contributed by atoms with Crippen molar-refractivity contribution in [2.45, 2.75) is 20.4 Å². The van der Waals surface area contributed by atoms with Crippen LogP contribution in [0.25, 0.3) is 0 Å². The second-order valence-electron chi connectivity index (χ2n) is 5.10. The molecule has 0 saturated carbocycles. The Balaban J connectivity index is 2.27. The lowest BCUT2D eigenvalue weighted by Crippen LogP contribution is -2.22. The number of pyridine rings is 1. The van der Waals surface area contributed by atoms with Gasteiger partial charge in [0.05, 0.1) is 19.3 Å². The number of carbonyl (C=O) groups excluding carboxylic acids is 1. The van der Waals surface area contributed by atoms with Crippen LogP contribution in [0.1, 0.15) is 27.4 Å². The SMILES string of the molecule is COC(=O)c1cc(N)nc(N(C)Cc2cc(C)cc(C)n2)n1. The third-order valence-corrected chi connectivity index (χ3v) is 3.02. The van der Waals surface area contributed by atoms with Crippen molar-refractivity contribution in [1.29, 1.82) is 0 Å². The van der Waals surface area contributed by atoms with Gasteiger partial charge in [-0.2, -0.15) is 4.98 Å². The molecule has 2 rings (SSSR count). The van der Waals surface area contributed by atoms with Gasteiger partial charge < -0.3 is 15.4 Å². The second-order valence-corrected chi connectivity index (χ2v) is 5.10. The number of rotatable bonds is 4. The Kier molecular flexibility index (Phi) is 4.55. The van der Waals surface area contributed by atoms with Crippen LogP contribution in [0.2, 0.25) is 0 Å². The Labute approximate surface area is 129 Å². The van der Waals surface area contributed by atoms with Crippen LogP contribution in [0.15, 0.2) is 18.2 Å². The zero-order valence-electron chi connectivity index (χ0n) is 13.1. The number of hydrogen-bond acceptors (Lipinski definition) is 7. The number of nitrogen functional groups attached to an aromatic ring is 1. The molecule has 0 spiro atoms. The maximum atomic E-state index is 11.6. The minimum Gasteiger partial charge on any atom is -0.464 e. The van der Waals surface area contributed by atoms with Crippen LogP contribution in [0.5, 0.6) is 0 Å². The summed E-state index contributed by atoms with van der Waals surface area (Å²) in [5, 5.41) is 0. The topological polar surface area (TPSA) is 94.2 Å². The third kappa shape index (κ3) is 3.69. The maximum absolute atomic E-state index is 11.6. The fraction of sp³-hybridized carbons (Fsp3) is 0.333. The van der Waals surface area contributed by atoms with Crippen molar-refractivity contribution < 1.29 is 9.53 Å². The molecule has 0 aromatic carbocycles. The number of methoxy groups -OCH3 is 1. The van der Waals surface area contributed by atoms with E-state index in [2.05, 4.69) is 19.7 Å². The molecule has 0 radical (unpaired) electrons. The number of nitrogens with zero attached hydrogens (tertiary/aromatic N) is 4. The predicted molar refractivity (Wildman–Crippen MR) is 83.6 cm³/mol. The van der Waals surface area contributed by atoms with E-state index in [0.717, 1.165) is 17.0 Å². The number of aromatic nitrogens is 3. The summed E-state index contributed by atoms with van der Waals surface area (Å²) in [5.41, 5.74) is 8.84. The summed E-state index contributed by atoms with van der Waals surface area (Å²) >= 11 is 0. The van der Waals surface area contributed by atoms with Gasteiger partial charge in [-0.25, -0.2) is 9.78 Å². The highest BCUT2D eigenvalue weighted by atomic mass is 16.5. The van der Waals surface area contributed by atoms with Crippen molar-refractivity contribution in [1.82, 2.24) is 15.0 Å². The molecule has 2 aromatic rings. The molecule has 0 aliphatic carbocycles. The summed E-state index contributed by atoms with van der Waals surface area (Å²) in [5.74, 6) is 0.0141. The first kappa shape index (κ1) is 15.7. The van der Waals surface area contributed by atoms with Gasteiger partial charge >= 0.3 is 5.97 Å². The molecule has 0 bridgehead atoms. The summed E-state index contributed by atoms with van der Waals surface area (Å²) in [6, 6.07) is 5.39. The fourth-order valence-corrected chi connectivity index (χ4v) is 2.15. The molecule has 0 amide bonds. The zero-order valence-corrected chi connectivity index (χ0v) is 13.1. The molecule has 0 saturated heterocycles. The summed E-state index contributed by atoms with van der Waals surface area (Å²) < 4.78 is 4.66. The predicted octanol–water partition coefficient (Wildman–Crippen LogP) is 1.49. The number of nitrogens with two attached hydrogens (primary N) is 1. The van der Waals surface area contributed by atoms with Crippen molar-refractivity contribution in [3.05, 3.63) is 40.8 Å². The largest absolute Gasteiger partial charge is 0.464 e. The zero-order chi connectivity index (χ0) is 16.3. The lowest BCUT2D eigenvalue weighted by molar-refractivity contribution is 0.0594. The number of ether oxygens (including phenoxy) is 1. The first-order valence-electron chi connectivity index (χ1n) is 6.77. The summed E-state index contributed by atoms with van der Waals surface area (Å²) in [6.45, 7) is 4.47. The standard InChI is InChI=1S/C15H19N5O2/c1-9-5-10(2)17-11(6-9)8-20(3)15-18-12(14(21)22-4)7-13(16)19-15/h5-7H,8H2,1-4H3,(H2,16,18,19). The quantitative estimate of drug-likeness (QED) is 0.855. The molecule has 2 N–H and O–H groups in total. The van der Waals surface area contributed by atoms with Crippen LogP contribution in [0.3, 0.4) is 0 Å². The molecule has 2 aromatic heterocycles. The molecular weight excluding hydrogens is 282 g/mol. The summed E-state index contributed by atoms with van der Waals surface area (Å²) in [7, 11) is 3.11. The normalized spacial score (nSPS) is 10.4. The van der Waals surface area contributed by atoms with Gasteiger partial charge in [0, 0.05) is 18.8 Å². The van der Waals surface area contributed by atoms with Crippen LogP contribution in [0, 0.1) is 13.8 Å². The van der Waals surface area contributed by atoms with E-state index in [1.165, 1.54) is 13.2 Å². The van der Waals surface area contributed by atoms with Gasteiger partial charge in [-0.3, -0.25) is 4.98 Å². The first-order valence-corrected chi connectivity index (χ1v) is 6.77. The Morgan fingerprint density at radius 1 is 1.23 bits per heavy atom. The Morgan fingerprint density at radius 2 is 1.95 bits per heavy atom. The summed E-state index contributed by atoms with van der Waals surface area (Å²) in [6.07, 6.45) is 0. The number of hydrogen-bond donors (Lipinski definition) is 1. The maximum Gasteiger partial charge on any atom is 0.356 e.